The van der Waals surface area contributed by atoms with Crippen molar-refractivity contribution in [3.05, 3.63) is 0 Å². The summed E-state index contributed by atoms with van der Waals surface area (Å²) in [6.45, 7) is 7.68. The Morgan fingerprint density at radius 3 is 2.71 bits per heavy atom. The smallest absolute Gasteiger partial charge is 0.0608 e. The highest BCUT2D eigenvalue weighted by molar-refractivity contribution is 8.00. The Labute approximate surface area is 91.2 Å². The molecule has 0 amide bonds. The Morgan fingerprint density at radius 1 is 1.36 bits per heavy atom. The maximum atomic E-state index is 5.22. The van der Waals surface area contributed by atoms with Crippen LogP contribution in [0.25, 0.3) is 0 Å². The fourth-order valence-electron chi connectivity index (χ4n) is 2.41. The van der Waals surface area contributed by atoms with Crippen molar-refractivity contribution in [2.24, 2.45) is 5.92 Å². The van der Waals surface area contributed by atoms with Crippen molar-refractivity contribution >= 4 is 11.8 Å². The average molecular weight is 215 g/mol. The third kappa shape index (κ3) is 2.26. The number of thioether (sulfide) groups is 1. The van der Waals surface area contributed by atoms with Crippen LogP contribution in [0.2, 0.25) is 0 Å². The molecule has 1 saturated heterocycles. The zero-order valence-corrected chi connectivity index (χ0v) is 9.98. The fourth-order valence-corrected chi connectivity index (χ4v) is 3.96. The zero-order chi connectivity index (χ0) is 9.97. The largest absolute Gasteiger partial charge is 0.379 e. The summed E-state index contributed by atoms with van der Waals surface area (Å²) in [5, 5.41) is 5.25. The molecular formula is C11H21NOS. The van der Waals surface area contributed by atoms with Gasteiger partial charge in [-0.3, -0.25) is 0 Å². The van der Waals surface area contributed by atoms with E-state index in [4.69, 9.17) is 4.74 Å². The molecular weight excluding hydrogens is 194 g/mol. The predicted molar refractivity (Wildman–Crippen MR) is 61.8 cm³/mol. The van der Waals surface area contributed by atoms with Crippen LogP contribution < -0.4 is 5.32 Å². The molecule has 1 aliphatic heterocycles. The lowest BCUT2D eigenvalue weighted by Crippen LogP contribution is -2.36. The number of rotatable bonds is 4. The van der Waals surface area contributed by atoms with Gasteiger partial charge in [-0.25, -0.2) is 0 Å². The van der Waals surface area contributed by atoms with Crippen LogP contribution in [-0.2, 0) is 4.74 Å². The number of hydrogen-bond acceptors (Lipinski definition) is 3. The molecule has 3 heteroatoms. The van der Waals surface area contributed by atoms with Gasteiger partial charge >= 0.3 is 0 Å². The Balaban J connectivity index is 1.77. The molecule has 14 heavy (non-hydrogen) atoms. The molecule has 0 radical (unpaired) electrons. The molecule has 82 valence electrons. The highest BCUT2D eigenvalue weighted by atomic mass is 32.2. The van der Waals surface area contributed by atoms with E-state index in [1.165, 1.54) is 12.8 Å². The first-order valence-electron chi connectivity index (χ1n) is 5.78. The number of hydrogen-bond donors (Lipinski definition) is 1. The minimum absolute atomic E-state index is 0.762. The first-order chi connectivity index (χ1) is 6.81. The molecule has 2 fully saturated rings. The summed E-state index contributed by atoms with van der Waals surface area (Å²) in [7, 11) is 0. The van der Waals surface area contributed by atoms with E-state index in [0.717, 1.165) is 42.2 Å². The standard InChI is InChI=1S/C11H21NOS/c1-3-12-10-4-5-11(8(10)2)14-9-6-13-7-9/h8-12H,3-7H2,1-2H3. The predicted octanol–water partition coefficient (Wildman–Crippen LogP) is 1.90. The summed E-state index contributed by atoms with van der Waals surface area (Å²) >= 11 is 2.17. The minimum Gasteiger partial charge on any atom is -0.379 e. The SMILES string of the molecule is CCNC1CCC(SC2COC2)C1C. The minimum atomic E-state index is 0.762. The van der Waals surface area contributed by atoms with Crippen LogP contribution in [0.1, 0.15) is 26.7 Å². The molecule has 1 saturated carbocycles. The van der Waals surface area contributed by atoms with Gasteiger partial charge in [-0.05, 0) is 25.3 Å². The highest BCUT2D eigenvalue weighted by Gasteiger charge is 2.35. The maximum Gasteiger partial charge on any atom is 0.0608 e. The molecule has 2 aliphatic rings. The topological polar surface area (TPSA) is 21.3 Å². The Hall–Kier alpha value is 0.270. The molecule has 2 nitrogen and oxygen atoms in total. The van der Waals surface area contributed by atoms with Gasteiger partial charge in [0, 0.05) is 11.3 Å². The lowest BCUT2D eigenvalue weighted by Gasteiger charge is -2.30. The van der Waals surface area contributed by atoms with Crippen LogP contribution in [-0.4, -0.2) is 36.3 Å². The van der Waals surface area contributed by atoms with Crippen LogP contribution in [0.5, 0.6) is 0 Å². The molecule has 0 bridgehead atoms. The lowest BCUT2D eigenvalue weighted by atomic mass is 10.1. The first-order valence-corrected chi connectivity index (χ1v) is 6.72. The Bertz CT molecular complexity index is 184. The Kier molecular flexibility index (Phi) is 3.74. The van der Waals surface area contributed by atoms with Crippen LogP contribution in [0.4, 0.5) is 0 Å². The van der Waals surface area contributed by atoms with E-state index >= 15 is 0 Å². The first kappa shape index (κ1) is 10.8. The highest BCUT2D eigenvalue weighted by Crippen LogP contribution is 2.38. The lowest BCUT2D eigenvalue weighted by molar-refractivity contribution is 0.0452. The fraction of sp³-hybridized carbons (Fsp3) is 1.00. The van der Waals surface area contributed by atoms with Gasteiger partial charge in [-0.1, -0.05) is 13.8 Å². The van der Waals surface area contributed by atoms with E-state index in [2.05, 4.69) is 30.9 Å². The monoisotopic (exact) mass is 215 g/mol. The van der Waals surface area contributed by atoms with Crippen molar-refractivity contribution in [1.82, 2.24) is 5.32 Å². The molecule has 0 aromatic heterocycles. The molecule has 3 unspecified atom stereocenters. The van der Waals surface area contributed by atoms with Crippen LogP contribution in [0, 0.1) is 5.92 Å². The molecule has 0 aromatic carbocycles. The molecule has 0 spiro atoms. The van der Waals surface area contributed by atoms with Gasteiger partial charge in [-0.2, -0.15) is 0 Å². The third-order valence-electron chi connectivity index (χ3n) is 3.42. The second kappa shape index (κ2) is 4.86. The Morgan fingerprint density at radius 2 is 2.14 bits per heavy atom. The summed E-state index contributed by atoms with van der Waals surface area (Å²) in [6.07, 6.45) is 2.75. The number of nitrogens with one attached hydrogen (secondary N) is 1. The van der Waals surface area contributed by atoms with Crippen molar-refractivity contribution in [3.63, 3.8) is 0 Å². The van der Waals surface area contributed by atoms with E-state index in [1.54, 1.807) is 0 Å². The van der Waals surface area contributed by atoms with Gasteiger partial charge in [0.1, 0.15) is 0 Å². The zero-order valence-electron chi connectivity index (χ0n) is 9.16. The van der Waals surface area contributed by atoms with Crippen LogP contribution >= 0.6 is 11.8 Å². The van der Waals surface area contributed by atoms with E-state index < -0.39 is 0 Å². The van der Waals surface area contributed by atoms with E-state index in [9.17, 15) is 0 Å². The summed E-state index contributed by atoms with van der Waals surface area (Å²) in [5.41, 5.74) is 0. The molecule has 1 N–H and O–H groups in total. The molecule has 2 rings (SSSR count). The van der Waals surface area contributed by atoms with E-state index in [1.807, 2.05) is 0 Å². The van der Waals surface area contributed by atoms with Gasteiger partial charge in [0.2, 0.25) is 0 Å². The summed E-state index contributed by atoms with van der Waals surface area (Å²) in [5.74, 6) is 0.834. The molecule has 0 aromatic rings. The van der Waals surface area contributed by atoms with E-state index in [-0.39, 0.29) is 0 Å². The normalized spacial score (nSPS) is 38.6. The van der Waals surface area contributed by atoms with Gasteiger partial charge in [-0.15, -0.1) is 11.8 Å². The maximum absolute atomic E-state index is 5.22. The van der Waals surface area contributed by atoms with Crippen LogP contribution in [0.15, 0.2) is 0 Å². The summed E-state index contributed by atoms with van der Waals surface area (Å²) < 4.78 is 5.22. The van der Waals surface area contributed by atoms with Gasteiger partial charge in [0.15, 0.2) is 0 Å². The van der Waals surface area contributed by atoms with Crippen molar-refractivity contribution in [3.8, 4) is 0 Å². The summed E-state index contributed by atoms with van der Waals surface area (Å²) in [6, 6.07) is 0.762. The van der Waals surface area contributed by atoms with Gasteiger partial charge in [0.25, 0.3) is 0 Å². The van der Waals surface area contributed by atoms with Gasteiger partial charge < -0.3 is 10.1 Å². The molecule has 1 aliphatic carbocycles. The number of ether oxygens (including phenoxy) is 1. The second-order valence-corrected chi connectivity index (χ2v) is 5.98. The van der Waals surface area contributed by atoms with E-state index in [0.29, 0.717) is 0 Å². The van der Waals surface area contributed by atoms with Crippen molar-refractivity contribution in [2.45, 2.75) is 43.2 Å². The molecule has 1 heterocycles. The average Bonchev–Trinajstić information content (AvgIpc) is 2.43. The van der Waals surface area contributed by atoms with Crippen molar-refractivity contribution < 1.29 is 4.74 Å². The molecule has 3 atom stereocenters. The quantitative estimate of drug-likeness (QED) is 0.774. The van der Waals surface area contributed by atoms with Crippen molar-refractivity contribution in [2.75, 3.05) is 19.8 Å². The van der Waals surface area contributed by atoms with Gasteiger partial charge in [0.05, 0.1) is 18.5 Å². The van der Waals surface area contributed by atoms with Crippen molar-refractivity contribution in [1.29, 1.82) is 0 Å². The second-order valence-electron chi connectivity index (χ2n) is 4.43. The summed E-state index contributed by atoms with van der Waals surface area (Å²) in [4.78, 5) is 0. The van der Waals surface area contributed by atoms with Crippen LogP contribution in [0.3, 0.4) is 0 Å². The third-order valence-corrected chi connectivity index (χ3v) is 5.10.